The zero-order valence-electron chi connectivity index (χ0n) is 15.6. The quantitative estimate of drug-likeness (QED) is 0.598. The molecule has 1 saturated carbocycles. The van der Waals surface area contributed by atoms with Crippen LogP contribution in [0.1, 0.15) is 58.8 Å². The van der Waals surface area contributed by atoms with Gasteiger partial charge in [0.1, 0.15) is 0 Å². The van der Waals surface area contributed by atoms with Crippen molar-refractivity contribution >= 4 is 5.96 Å². The monoisotopic (exact) mass is 336 g/mol. The number of aliphatic imine (C=N–C) groups is 1. The maximum atomic E-state index is 5.33. The summed E-state index contributed by atoms with van der Waals surface area (Å²) in [5.41, 5.74) is 0.243. The molecule has 24 heavy (non-hydrogen) atoms. The van der Waals surface area contributed by atoms with Crippen molar-refractivity contribution in [1.82, 2.24) is 15.5 Å². The van der Waals surface area contributed by atoms with Crippen molar-refractivity contribution in [1.29, 1.82) is 0 Å². The van der Waals surface area contributed by atoms with Gasteiger partial charge in [0.15, 0.2) is 5.96 Å². The Morgan fingerprint density at radius 1 is 1.12 bits per heavy atom. The molecule has 2 N–H and O–H groups in total. The fraction of sp³-hybridized carbons (Fsp3) is 0.947. The van der Waals surface area contributed by atoms with Crippen molar-refractivity contribution in [3.63, 3.8) is 0 Å². The number of guanidine groups is 1. The van der Waals surface area contributed by atoms with E-state index in [4.69, 9.17) is 9.73 Å². The number of hydrogen-bond acceptors (Lipinski definition) is 3. The highest BCUT2D eigenvalue weighted by molar-refractivity contribution is 5.80. The molecule has 3 rings (SSSR count). The Morgan fingerprint density at radius 3 is 2.42 bits per heavy atom. The minimum atomic E-state index is 0.243. The molecular formula is C19H36N4O. The molecule has 5 nitrogen and oxygen atoms in total. The van der Waals surface area contributed by atoms with E-state index >= 15 is 0 Å². The fourth-order valence-corrected chi connectivity index (χ4v) is 4.18. The fourth-order valence-electron chi connectivity index (χ4n) is 4.18. The van der Waals surface area contributed by atoms with E-state index in [1.165, 1.54) is 58.0 Å². The molecule has 0 aromatic heterocycles. The lowest BCUT2D eigenvalue weighted by Gasteiger charge is -2.40. The number of nitrogens with zero attached hydrogens (tertiary/aromatic N) is 2. The van der Waals surface area contributed by atoms with Crippen LogP contribution in [0.2, 0.25) is 0 Å². The molecule has 1 aliphatic carbocycles. The van der Waals surface area contributed by atoms with Crippen molar-refractivity contribution in [2.45, 2.75) is 70.9 Å². The molecule has 138 valence electrons. The van der Waals surface area contributed by atoms with Crippen LogP contribution in [-0.4, -0.2) is 62.3 Å². The van der Waals surface area contributed by atoms with Gasteiger partial charge in [-0.1, -0.05) is 26.2 Å². The Morgan fingerprint density at radius 2 is 1.83 bits per heavy atom. The van der Waals surface area contributed by atoms with Gasteiger partial charge in [0.05, 0.1) is 19.8 Å². The minimum absolute atomic E-state index is 0.243. The van der Waals surface area contributed by atoms with E-state index in [1.807, 2.05) is 0 Å². The first-order valence-corrected chi connectivity index (χ1v) is 10.1. The Hall–Kier alpha value is -0.810. The second-order valence-corrected chi connectivity index (χ2v) is 8.25. The molecule has 3 aliphatic rings. The first-order chi connectivity index (χ1) is 11.7. The van der Waals surface area contributed by atoms with E-state index < -0.39 is 0 Å². The third-order valence-corrected chi connectivity index (χ3v) is 5.83. The summed E-state index contributed by atoms with van der Waals surface area (Å²) in [7, 11) is 0. The zero-order chi connectivity index (χ0) is 16.8. The molecule has 2 heterocycles. The largest absolute Gasteiger partial charge is 0.380 e. The van der Waals surface area contributed by atoms with Crippen LogP contribution in [0.4, 0.5) is 0 Å². The van der Waals surface area contributed by atoms with Crippen LogP contribution in [0.5, 0.6) is 0 Å². The number of ether oxygens (including phenoxy) is 1. The smallest absolute Gasteiger partial charge is 0.191 e. The minimum Gasteiger partial charge on any atom is -0.380 e. The molecule has 0 radical (unpaired) electrons. The average molecular weight is 337 g/mol. The standard InChI is InChI=1S/C19H36N4O/c1-3-20-18(21-13-19(2)14-24-15-19)22-16-9-11-23(12-10-16)17-7-5-4-6-8-17/h16-17H,3-15H2,1-2H3,(H2,20,21,22). The highest BCUT2D eigenvalue weighted by atomic mass is 16.5. The summed E-state index contributed by atoms with van der Waals surface area (Å²) >= 11 is 0. The second-order valence-electron chi connectivity index (χ2n) is 8.25. The lowest BCUT2D eigenvalue weighted by molar-refractivity contribution is -0.0945. The van der Waals surface area contributed by atoms with E-state index in [2.05, 4.69) is 29.4 Å². The molecule has 2 aliphatic heterocycles. The number of nitrogens with one attached hydrogen (secondary N) is 2. The molecule has 0 aromatic rings. The molecule has 2 saturated heterocycles. The summed E-state index contributed by atoms with van der Waals surface area (Å²) in [6.45, 7) is 10.3. The first-order valence-electron chi connectivity index (χ1n) is 10.1. The molecule has 3 fully saturated rings. The Balaban J connectivity index is 1.44. The van der Waals surface area contributed by atoms with Crippen LogP contribution >= 0.6 is 0 Å². The lowest BCUT2D eigenvalue weighted by Crippen LogP contribution is -2.51. The van der Waals surface area contributed by atoms with Crippen LogP contribution in [0.3, 0.4) is 0 Å². The van der Waals surface area contributed by atoms with E-state index in [9.17, 15) is 0 Å². The van der Waals surface area contributed by atoms with Crippen molar-refractivity contribution < 1.29 is 4.74 Å². The summed E-state index contributed by atoms with van der Waals surface area (Å²) in [4.78, 5) is 7.56. The molecule has 0 aromatic carbocycles. The predicted molar refractivity (Wildman–Crippen MR) is 99.5 cm³/mol. The van der Waals surface area contributed by atoms with Gasteiger partial charge in [0.25, 0.3) is 0 Å². The highest BCUT2D eigenvalue weighted by Gasteiger charge is 2.33. The number of rotatable bonds is 5. The zero-order valence-corrected chi connectivity index (χ0v) is 15.6. The van der Waals surface area contributed by atoms with Crippen LogP contribution in [0.15, 0.2) is 4.99 Å². The SMILES string of the molecule is CCNC(=NCC1(C)COC1)NC1CCN(C2CCCCC2)CC1. The molecular weight excluding hydrogens is 300 g/mol. The maximum Gasteiger partial charge on any atom is 0.191 e. The normalized spacial score (nSPS) is 26.8. The Labute approximate surface area is 147 Å². The van der Waals surface area contributed by atoms with Crippen LogP contribution in [-0.2, 0) is 4.74 Å². The van der Waals surface area contributed by atoms with Crippen molar-refractivity contribution in [2.75, 3.05) is 39.4 Å². The van der Waals surface area contributed by atoms with E-state index in [-0.39, 0.29) is 5.41 Å². The van der Waals surface area contributed by atoms with E-state index in [0.29, 0.717) is 6.04 Å². The van der Waals surface area contributed by atoms with Gasteiger partial charge >= 0.3 is 0 Å². The van der Waals surface area contributed by atoms with Crippen molar-refractivity contribution in [2.24, 2.45) is 10.4 Å². The molecule has 0 unspecified atom stereocenters. The van der Waals surface area contributed by atoms with Gasteiger partial charge in [-0.15, -0.1) is 0 Å². The van der Waals surface area contributed by atoms with Gasteiger partial charge in [0, 0.05) is 37.1 Å². The summed E-state index contributed by atoms with van der Waals surface area (Å²) in [6.07, 6.45) is 9.63. The van der Waals surface area contributed by atoms with Crippen molar-refractivity contribution in [3.05, 3.63) is 0 Å². The molecule has 5 heteroatoms. The third-order valence-electron chi connectivity index (χ3n) is 5.83. The van der Waals surface area contributed by atoms with Gasteiger partial charge in [-0.05, 0) is 32.6 Å². The third kappa shape index (κ3) is 4.85. The second kappa shape index (κ2) is 8.52. The molecule has 0 amide bonds. The van der Waals surface area contributed by atoms with Crippen LogP contribution < -0.4 is 10.6 Å². The summed E-state index contributed by atoms with van der Waals surface area (Å²) in [6, 6.07) is 1.42. The van der Waals surface area contributed by atoms with Gasteiger partial charge < -0.3 is 20.3 Å². The van der Waals surface area contributed by atoms with Gasteiger partial charge in [-0.2, -0.15) is 0 Å². The Kier molecular flexibility index (Phi) is 6.39. The molecule has 0 atom stereocenters. The van der Waals surface area contributed by atoms with Gasteiger partial charge in [0.2, 0.25) is 0 Å². The van der Waals surface area contributed by atoms with Gasteiger partial charge in [-0.3, -0.25) is 4.99 Å². The maximum absolute atomic E-state index is 5.33. The number of hydrogen-bond donors (Lipinski definition) is 2. The molecule has 0 bridgehead atoms. The Bertz CT molecular complexity index is 408. The van der Waals surface area contributed by atoms with Crippen LogP contribution in [0, 0.1) is 5.41 Å². The predicted octanol–water partition coefficient (Wildman–Crippen LogP) is 2.38. The summed E-state index contributed by atoms with van der Waals surface area (Å²) in [5, 5.41) is 7.08. The highest BCUT2D eigenvalue weighted by Crippen LogP contribution is 2.27. The van der Waals surface area contributed by atoms with E-state index in [1.54, 1.807) is 0 Å². The number of piperidine rings is 1. The van der Waals surface area contributed by atoms with Gasteiger partial charge in [-0.25, -0.2) is 0 Å². The number of likely N-dealkylation sites (tertiary alicyclic amines) is 1. The first kappa shape index (κ1) is 18.0. The lowest BCUT2D eigenvalue weighted by atomic mass is 9.89. The molecule has 0 spiro atoms. The van der Waals surface area contributed by atoms with E-state index in [0.717, 1.165) is 38.3 Å². The summed E-state index contributed by atoms with van der Waals surface area (Å²) in [5.74, 6) is 0.988. The van der Waals surface area contributed by atoms with Crippen LogP contribution in [0.25, 0.3) is 0 Å². The summed E-state index contributed by atoms with van der Waals surface area (Å²) < 4.78 is 5.33. The topological polar surface area (TPSA) is 48.9 Å². The average Bonchev–Trinajstić information content (AvgIpc) is 2.60. The van der Waals surface area contributed by atoms with Crippen molar-refractivity contribution in [3.8, 4) is 0 Å².